The molecular formula is C34H29ClN2O4. The second-order valence-corrected chi connectivity index (χ2v) is 10.4. The average molecular weight is 565 g/mol. The number of aryl methyl sites for hydroxylation is 3. The third kappa shape index (κ3) is 5.83. The second-order valence-electron chi connectivity index (χ2n) is 9.93. The Bertz CT molecular complexity index is 1830. The lowest BCUT2D eigenvalue weighted by Gasteiger charge is -2.07. The van der Waals surface area contributed by atoms with E-state index in [9.17, 15) is 14.4 Å². The van der Waals surface area contributed by atoms with Gasteiger partial charge in [-0.25, -0.2) is 4.79 Å². The van der Waals surface area contributed by atoms with Gasteiger partial charge in [0, 0.05) is 63.4 Å². The van der Waals surface area contributed by atoms with Gasteiger partial charge in [0.1, 0.15) is 5.71 Å². The second kappa shape index (κ2) is 11.9. The summed E-state index contributed by atoms with van der Waals surface area (Å²) in [6.45, 7) is 5.95. The minimum atomic E-state index is -0.603. The Hall–Kier alpha value is -4.55. The van der Waals surface area contributed by atoms with Crippen LogP contribution < -0.4 is 0 Å². The van der Waals surface area contributed by atoms with Crippen molar-refractivity contribution in [1.82, 2.24) is 4.57 Å². The van der Waals surface area contributed by atoms with Crippen molar-refractivity contribution < 1.29 is 19.2 Å². The lowest BCUT2D eigenvalue weighted by atomic mass is 9.97. The molecule has 0 bridgehead atoms. The lowest BCUT2D eigenvalue weighted by molar-refractivity contribution is -0.140. The summed E-state index contributed by atoms with van der Waals surface area (Å²) in [6.07, 6.45) is 0.794. The number of carbonyl (C=O) groups excluding carboxylic acids is 3. The molecule has 4 aromatic carbocycles. The van der Waals surface area contributed by atoms with Crippen molar-refractivity contribution in [2.24, 2.45) is 5.16 Å². The average Bonchev–Trinajstić information content (AvgIpc) is 3.29. The van der Waals surface area contributed by atoms with Crippen LogP contribution >= 0.6 is 11.6 Å². The summed E-state index contributed by atoms with van der Waals surface area (Å²) in [5.74, 6) is -0.978. The first-order valence-electron chi connectivity index (χ1n) is 13.5. The van der Waals surface area contributed by atoms with E-state index < -0.39 is 5.97 Å². The van der Waals surface area contributed by atoms with E-state index in [2.05, 4.69) is 16.6 Å². The molecule has 0 amide bonds. The fourth-order valence-corrected chi connectivity index (χ4v) is 5.24. The van der Waals surface area contributed by atoms with Crippen LogP contribution in [0.3, 0.4) is 0 Å². The highest BCUT2D eigenvalue weighted by Gasteiger charge is 2.20. The van der Waals surface area contributed by atoms with E-state index in [1.165, 1.54) is 6.92 Å². The molecule has 7 heteroatoms. The number of nitrogens with zero attached hydrogens (tertiary/aromatic N) is 2. The number of carbonyl (C=O) groups is 3. The van der Waals surface area contributed by atoms with Crippen LogP contribution in [0.1, 0.15) is 57.7 Å². The highest BCUT2D eigenvalue weighted by molar-refractivity contribution is 6.46. The zero-order valence-corrected chi connectivity index (χ0v) is 23.9. The van der Waals surface area contributed by atoms with Crippen LogP contribution in [0.5, 0.6) is 0 Å². The smallest absolute Gasteiger partial charge is 0.331 e. The van der Waals surface area contributed by atoms with E-state index in [-0.39, 0.29) is 23.7 Å². The van der Waals surface area contributed by atoms with Gasteiger partial charge < -0.3 is 9.40 Å². The van der Waals surface area contributed by atoms with Gasteiger partial charge in [-0.05, 0) is 79.9 Å². The Morgan fingerprint density at radius 3 is 2.12 bits per heavy atom. The van der Waals surface area contributed by atoms with Crippen LogP contribution in [0.25, 0.3) is 21.8 Å². The van der Waals surface area contributed by atoms with Crippen LogP contribution in [0.4, 0.5) is 0 Å². The van der Waals surface area contributed by atoms with Crippen molar-refractivity contribution in [2.75, 3.05) is 0 Å². The number of ketones is 2. The van der Waals surface area contributed by atoms with Gasteiger partial charge in [-0.15, -0.1) is 0 Å². The van der Waals surface area contributed by atoms with Gasteiger partial charge in [0.25, 0.3) is 0 Å². The molecule has 0 spiro atoms. The molecule has 5 rings (SSSR count). The lowest BCUT2D eigenvalue weighted by Crippen LogP contribution is -2.17. The van der Waals surface area contributed by atoms with Gasteiger partial charge in [-0.1, -0.05) is 53.2 Å². The summed E-state index contributed by atoms with van der Waals surface area (Å²) in [4.78, 5) is 43.5. The van der Waals surface area contributed by atoms with Crippen LogP contribution in [-0.2, 0) is 22.6 Å². The summed E-state index contributed by atoms with van der Waals surface area (Å²) in [5.41, 5.74) is 5.64. The van der Waals surface area contributed by atoms with Crippen LogP contribution in [0.15, 0.2) is 90.1 Å². The van der Waals surface area contributed by atoms with Gasteiger partial charge in [0.2, 0.25) is 5.78 Å². The van der Waals surface area contributed by atoms with Crippen molar-refractivity contribution in [1.29, 1.82) is 0 Å². The molecular weight excluding hydrogens is 536 g/mol. The predicted octanol–water partition coefficient (Wildman–Crippen LogP) is 7.74. The minimum absolute atomic E-state index is 0.0485. The van der Waals surface area contributed by atoms with Gasteiger partial charge in [0.15, 0.2) is 5.78 Å². The molecule has 0 radical (unpaired) electrons. The molecule has 0 unspecified atom stereocenters. The zero-order valence-electron chi connectivity index (χ0n) is 23.1. The maximum atomic E-state index is 13.7. The molecule has 0 atom stereocenters. The molecule has 41 heavy (non-hydrogen) atoms. The van der Waals surface area contributed by atoms with Crippen molar-refractivity contribution in [3.63, 3.8) is 0 Å². The minimum Gasteiger partial charge on any atom is -0.341 e. The van der Waals surface area contributed by atoms with E-state index in [0.717, 1.165) is 39.5 Å². The molecule has 0 saturated carbocycles. The number of fused-ring (bicyclic) bond motifs is 3. The monoisotopic (exact) mass is 564 g/mol. The predicted molar refractivity (Wildman–Crippen MR) is 163 cm³/mol. The number of hydrogen-bond donors (Lipinski definition) is 0. The van der Waals surface area contributed by atoms with Gasteiger partial charge in [-0.3, -0.25) is 9.59 Å². The first-order valence-corrected chi connectivity index (χ1v) is 13.8. The number of rotatable bonds is 9. The summed E-state index contributed by atoms with van der Waals surface area (Å²) >= 11 is 6.00. The number of aromatic nitrogens is 1. The van der Waals surface area contributed by atoms with Crippen molar-refractivity contribution in [3.05, 3.63) is 118 Å². The number of halogens is 1. The quantitative estimate of drug-likeness (QED) is 0.0793. The van der Waals surface area contributed by atoms with Crippen molar-refractivity contribution >= 4 is 56.7 Å². The Kier molecular flexibility index (Phi) is 8.13. The Balaban J connectivity index is 1.55. The van der Waals surface area contributed by atoms with E-state index in [1.54, 1.807) is 18.2 Å². The Morgan fingerprint density at radius 1 is 0.854 bits per heavy atom. The standard InChI is InChI=1S/C34H29ClN2O4/c1-4-37-31-17-12-24(33(39)27-8-6-5-7-21(27)2)19-28(31)29-20-25(13-18-32(29)37)34(40)30(36-41-22(3)38)16-11-23-9-14-26(35)15-10-23/h5-10,12-15,17-20H,4,11,16H2,1-3H3/b36-30+. The molecule has 0 saturated heterocycles. The Labute approximate surface area is 243 Å². The summed E-state index contributed by atoms with van der Waals surface area (Å²) < 4.78 is 2.16. The molecule has 6 nitrogen and oxygen atoms in total. The van der Waals surface area contributed by atoms with Crippen LogP contribution in [0.2, 0.25) is 5.02 Å². The van der Waals surface area contributed by atoms with E-state index in [0.29, 0.717) is 28.1 Å². The molecule has 0 aliphatic rings. The third-order valence-corrected chi connectivity index (χ3v) is 7.46. The van der Waals surface area contributed by atoms with Crippen molar-refractivity contribution in [2.45, 2.75) is 40.2 Å². The topological polar surface area (TPSA) is 77.7 Å². The molecule has 206 valence electrons. The maximum Gasteiger partial charge on any atom is 0.331 e. The molecule has 5 aromatic rings. The van der Waals surface area contributed by atoms with E-state index in [1.807, 2.05) is 73.7 Å². The molecule has 0 aliphatic carbocycles. The van der Waals surface area contributed by atoms with Gasteiger partial charge in [-0.2, -0.15) is 0 Å². The van der Waals surface area contributed by atoms with Crippen LogP contribution in [-0.4, -0.2) is 27.8 Å². The largest absolute Gasteiger partial charge is 0.341 e. The SMILES string of the molecule is CCn1c2ccc(C(=O)/C(CCc3ccc(Cl)cc3)=N/OC(C)=O)cc2c2cc(C(=O)c3ccccc3C)ccc21. The zero-order chi connectivity index (χ0) is 29.1. The Morgan fingerprint density at radius 2 is 1.49 bits per heavy atom. The molecule has 1 heterocycles. The van der Waals surface area contributed by atoms with Gasteiger partial charge in [0.05, 0.1) is 0 Å². The number of benzene rings is 4. The fourth-order valence-electron chi connectivity index (χ4n) is 5.11. The first-order chi connectivity index (χ1) is 19.8. The first kappa shape index (κ1) is 28.0. The number of oxime groups is 1. The van der Waals surface area contributed by atoms with E-state index >= 15 is 0 Å². The normalized spacial score (nSPS) is 11.7. The third-order valence-electron chi connectivity index (χ3n) is 7.21. The van der Waals surface area contributed by atoms with Crippen molar-refractivity contribution in [3.8, 4) is 0 Å². The number of hydrogen-bond acceptors (Lipinski definition) is 5. The van der Waals surface area contributed by atoms with Gasteiger partial charge >= 0.3 is 5.97 Å². The molecule has 1 aromatic heterocycles. The maximum absolute atomic E-state index is 13.7. The number of Topliss-reactive ketones (excluding diaryl/α,β-unsaturated/α-hetero) is 1. The highest BCUT2D eigenvalue weighted by atomic mass is 35.5. The van der Waals surface area contributed by atoms with Crippen LogP contribution in [0, 0.1) is 6.92 Å². The highest BCUT2D eigenvalue weighted by Crippen LogP contribution is 2.32. The summed E-state index contributed by atoms with van der Waals surface area (Å²) in [7, 11) is 0. The fraction of sp³-hybridized carbons (Fsp3) is 0.176. The molecule has 0 fully saturated rings. The summed E-state index contributed by atoms with van der Waals surface area (Å²) in [6, 6.07) is 26.1. The summed E-state index contributed by atoms with van der Waals surface area (Å²) in [5, 5.41) is 6.29. The molecule has 0 aliphatic heterocycles. The van der Waals surface area contributed by atoms with E-state index in [4.69, 9.17) is 16.4 Å². The molecule has 0 N–H and O–H groups in total.